The van der Waals surface area contributed by atoms with E-state index in [1.54, 1.807) is 18.3 Å². The molecular weight excluding hydrogens is 465 g/mol. The number of nitrogens with zero attached hydrogens (tertiary/aromatic N) is 5. The molecule has 1 aliphatic carbocycles. The van der Waals surface area contributed by atoms with Crippen molar-refractivity contribution in [1.82, 2.24) is 30.2 Å². The molecule has 0 spiro atoms. The maximum Gasteiger partial charge on any atom is 0.163 e. The van der Waals surface area contributed by atoms with Crippen molar-refractivity contribution in [3.05, 3.63) is 66.4 Å². The Morgan fingerprint density at radius 3 is 2.73 bits per heavy atom. The molecule has 0 unspecified atom stereocenters. The fourth-order valence-corrected chi connectivity index (χ4v) is 5.51. The van der Waals surface area contributed by atoms with E-state index in [1.807, 2.05) is 30.6 Å². The molecule has 7 nitrogen and oxygen atoms in total. The SMILES string of the molecule is CC1(C)CN(c2nc(-c3ccnc4[nH]c(-c5ccccc5F)cc34)nc3cncc(C4CC4)c23)CCN1. The van der Waals surface area contributed by atoms with Gasteiger partial charge in [-0.15, -0.1) is 0 Å². The molecule has 186 valence electrons. The predicted molar refractivity (Wildman–Crippen MR) is 144 cm³/mol. The number of H-pyrrole nitrogens is 1. The second kappa shape index (κ2) is 8.31. The van der Waals surface area contributed by atoms with Gasteiger partial charge in [0.2, 0.25) is 0 Å². The molecule has 0 amide bonds. The first-order valence-electron chi connectivity index (χ1n) is 12.9. The van der Waals surface area contributed by atoms with E-state index in [0.717, 1.165) is 47.3 Å². The van der Waals surface area contributed by atoms with E-state index < -0.39 is 0 Å². The minimum atomic E-state index is -0.278. The maximum absolute atomic E-state index is 14.5. The van der Waals surface area contributed by atoms with Crippen LogP contribution in [-0.2, 0) is 0 Å². The average molecular weight is 494 g/mol. The van der Waals surface area contributed by atoms with Crippen LogP contribution in [0.5, 0.6) is 0 Å². The van der Waals surface area contributed by atoms with Crippen LogP contribution in [0.1, 0.15) is 38.2 Å². The molecule has 5 heterocycles. The quantitative estimate of drug-likeness (QED) is 0.347. The Labute approximate surface area is 214 Å². The predicted octanol–water partition coefficient (Wildman–Crippen LogP) is 5.44. The topological polar surface area (TPSA) is 82.6 Å². The highest BCUT2D eigenvalue weighted by molar-refractivity contribution is 5.98. The number of aromatic nitrogens is 5. The smallest absolute Gasteiger partial charge is 0.163 e. The second-order valence-electron chi connectivity index (χ2n) is 10.8. The van der Waals surface area contributed by atoms with Crippen LogP contribution >= 0.6 is 0 Å². The second-order valence-corrected chi connectivity index (χ2v) is 10.8. The van der Waals surface area contributed by atoms with Gasteiger partial charge in [-0.1, -0.05) is 12.1 Å². The number of rotatable bonds is 4. The molecule has 8 heteroatoms. The number of benzene rings is 1. The summed E-state index contributed by atoms with van der Waals surface area (Å²) in [6.45, 7) is 7.06. The fourth-order valence-electron chi connectivity index (χ4n) is 5.51. The molecule has 1 aliphatic heterocycles. The molecule has 1 aromatic carbocycles. The lowest BCUT2D eigenvalue weighted by Gasteiger charge is -2.40. The number of pyridine rings is 2. The van der Waals surface area contributed by atoms with Crippen LogP contribution < -0.4 is 10.2 Å². The lowest BCUT2D eigenvalue weighted by Crippen LogP contribution is -2.57. The standard InChI is InChI=1S/C29H28FN7/c1-29(2)16-37(12-11-33-29)28-25-21(17-7-8-17)14-31-15-24(25)35-27(36-28)18-9-10-32-26-20(18)13-23(34-26)19-5-3-4-6-22(19)30/h3-6,9-10,13-15,17,33H,7-8,11-12,16H2,1-2H3,(H,32,34). The van der Waals surface area contributed by atoms with Crippen molar-refractivity contribution >= 4 is 27.8 Å². The van der Waals surface area contributed by atoms with Crippen LogP contribution in [0.25, 0.3) is 44.6 Å². The lowest BCUT2D eigenvalue weighted by atomic mass is 10.0. The first-order chi connectivity index (χ1) is 18.0. The van der Waals surface area contributed by atoms with E-state index in [-0.39, 0.29) is 11.4 Å². The van der Waals surface area contributed by atoms with E-state index in [4.69, 9.17) is 9.97 Å². The largest absolute Gasteiger partial charge is 0.353 e. The Bertz CT molecular complexity index is 1650. The summed E-state index contributed by atoms with van der Waals surface area (Å²) in [6, 6.07) is 10.6. The van der Waals surface area contributed by atoms with Gasteiger partial charge in [-0.05, 0) is 62.4 Å². The van der Waals surface area contributed by atoms with Crippen LogP contribution in [0.2, 0.25) is 0 Å². The maximum atomic E-state index is 14.5. The zero-order valence-electron chi connectivity index (χ0n) is 20.9. The number of piperazine rings is 1. The van der Waals surface area contributed by atoms with E-state index in [2.05, 4.69) is 39.0 Å². The first-order valence-corrected chi connectivity index (χ1v) is 12.9. The van der Waals surface area contributed by atoms with Crippen LogP contribution in [-0.4, -0.2) is 50.1 Å². The summed E-state index contributed by atoms with van der Waals surface area (Å²) in [4.78, 5) is 25.0. The minimum absolute atomic E-state index is 0.0261. The average Bonchev–Trinajstić information content (AvgIpc) is 3.65. The van der Waals surface area contributed by atoms with Crippen molar-refractivity contribution in [3.63, 3.8) is 0 Å². The van der Waals surface area contributed by atoms with Gasteiger partial charge >= 0.3 is 0 Å². The third kappa shape index (κ3) is 3.92. The molecule has 2 fully saturated rings. The van der Waals surface area contributed by atoms with Crippen LogP contribution in [0.4, 0.5) is 10.2 Å². The minimum Gasteiger partial charge on any atom is -0.353 e. The van der Waals surface area contributed by atoms with E-state index in [9.17, 15) is 4.39 Å². The molecule has 7 rings (SSSR count). The van der Waals surface area contributed by atoms with Gasteiger partial charge in [-0.25, -0.2) is 19.3 Å². The van der Waals surface area contributed by atoms with Gasteiger partial charge in [-0.2, -0.15) is 0 Å². The molecule has 1 saturated heterocycles. The summed E-state index contributed by atoms with van der Waals surface area (Å²) in [5.41, 5.74) is 4.80. The number of anilines is 1. The lowest BCUT2D eigenvalue weighted by molar-refractivity contribution is 0.352. The Morgan fingerprint density at radius 1 is 1.05 bits per heavy atom. The van der Waals surface area contributed by atoms with Crippen molar-refractivity contribution in [2.45, 2.75) is 38.1 Å². The summed E-state index contributed by atoms with van der Waals surface area (Å²) in [5, 5.41) is 5.58. The van der Waals surface area contributed by atoms with Gasteiger partial charge < -0.3 is 15.2 Å². The number of aromatic amines is 1. The van der Waals surface area contributed by atoms with E-state index in [0.29, 0.717) is 28.6 Å². The van der Waals surface area contributed by atoms with Gasteiger partial charge in [0.1, 0.15) is 17.3 Å². The Balaban J connectivity index is 1.43. The molecule has 4 aromatic heterocycles. The number of fused-ring (bicyclic) bond motifs is 2. The molecule has 1 saturated carbocycles. The Morgan fingerprint density at radius 2 is 1.92 bits per heavy atom. The number of nitrogens with one attached hydrogen (secondary N) is 2. The number of hydrogen-bond donors (Lipinski definition) is 2. The summed E-state index contributed by atoms with van der Waals surface area (Å²) >= 11 is 0. The molecule has 37 heavy (non-hydrogen) atoms. The molecule has 0 bridgehead atoms. The highest BCUT2D eigenvalue weighted by Gasteiger charge is 2.32. The third-order valence-corrected chi connectivity index (χ3v) is 7.44. The van der Waals surface area contributed by atoms with Gasteiger partial charge in [0, 0.05) is 59.5 Å². The monoisotopic (exact) mass is 493 g/mol. The van der Waals surface area contributed by atoms with Crippen LogP contribution in [0.15, 0.2) is 55.0 Å². The molecule has 2 aliphatic rings. The van der Waals surface area contributed by atoms with Crippen LogP contribution in [0, 0.1) is 5.82 Å². The highest BCUT2D eigenvalue weighted by Crippen LogP contribution is 2.45. The zero-order valence-corrected chi connectivity index (χ0v) is 20.9. The first kappa shape index (κ1) is 22.3. The van der Waals surface area contributed by atoms with Gasteiger partial charge in [0.05, 0.1) is 17.4 Å². The van der Waals surface area contributed by atoms with Gasteiger partial charge in [-0.3, -0.25) is 4.98 Å². The Kier molecular flexibility index (Phi) is 5.01. The van der Waals surface area contributed by atoms with E-state index in [1.165, 1.54) is 24.5 Å². The van der Waals surface area contributed by atoms with Crippen molar-refractivity contribution in [2.75, 3.05) is 24.5 Å². The van der Waals surface area contributed by atoms with Crippen molar-refractivity contribution in [3.8, 4) is 22.6 Å². The molecule has 0 atom stereocenters. The zero-order chi connectivity index (χ0) is 25.1. The summed E-state index contributed by atoms with van der Waals surface area (Å²) < 4.78 is 14.5. The number of hydrogen-bond acceptors (Lipinski definition) is 6. The molecule has 5 aromatic rings. The third-order valence-electron chi connectivity index (χ3n) is 7.44. The summed E-state index contributed by atoms with van der Waals surface area (Å²) in [5.74, 6) is 1.84. The van der Waals surface area contributed by atoms with Crippen LogP contribution in [0.3, 0.4) is 0 Å². The van der Waals surface area contributed by atoms with Crippen molar-refractivity contribution in [2.24, 2.45) is 0 Å². The molecule has 2 N–H and O–H groups in total. The fraction of sp³-hybridized carbons (Fsp3) is 0.310. The van der Waals surface area contributed by atoms with E-state index >= 15 is 0 Å². The molecule has 0 radical (unpaired) electrons. The van der Waals surface area contributed by atoms with Crippen molar-refractivity contribution in [1.29, 1.82) is 0 Å². The normalized spacial score (nSPS) is 17.5. The highest BCUT2D eigenvalue weighted by atomic mass is 19.1. The van der Waals surface area contributed by atoms with Gasteiger partial charge in [0.15, 0.2) is 5.82 Å². The number of halogens is 1. The van der Waals surface area contributed by atoms with Gasteiger partial charge in [0.25, 0.3) is 0 Å². The Hall–Kier alpha value is -3.91. The summed E-state index contributed by atoms with van der Waals surface area (Å²) in [7, 11) is 0. The van der Waals surface area contributed by atoms with Crippen molar-refractivity contribution < 1.29 is 4.39 Å². The summed E-state index contributed by atoms with van der Waals surface area (Å²) in [6.07, 6.45) is 7.96. The molecular formula is C29H28FN7.